The van der Waals surface area contributed by atoms with Crippen molar-refractivity contribution in [2.45, 2.75) is 31.1 Å². The quantitative estimate of drug-likeness (QED) is 0.173. The van der Waals surface area contributed by atoms with Crippen molar-refractivity contribution in [2.24, 2.45) is 0 Å². The minimum Gasteiger partial charge on any atom is -0.461 e. The SMILES string of the molecule is CSC(=S)SC(C)(C#N)CCC(=O)OCc1ccc2ccc3cccc4ccc1c2c34. The normalized spacial score (nSPS) is 13.3. The molecule has 0 aliphatic rings. The number of hydrogen-bond donors (Lipinski definition) is 0. The van der Waals surface area contributed by atoms with E-state index in [4.69, 9.17) is 17.0 Å². The second kappa shape index (κ2) is 9.04. The number of thioether (sulfide) groups is 2. The molecule has 0 radical (unpaired) electrons. The number of ether oxygens (including phenoxy) is 1. The van der Waals surface area contributed by atoms with Gasteiger partial charge in [0.1, 0.15) is 14.9 Å². The van der Waals surface area contributed by atoms with Crippen molar-refractivity contribution in [3.8, 4) is 6.07 Å². The number of thiocarbonyl (C=S) groups is 1. The Morgan fingerprint density at radius 3 is 2.39 bits per heavy atom. The van der Waals surface area contributed by atoms with E-state index in [0.717, 1.165) is 10.9 Å². The van der Waals surface area contributed by atoms with Gasteiger partial charge in [0, 0.05) is 6.42 Å². The molecular weight excluding hydrogens is 442 g/mol. The highest BCUT2D eigenvalue weighted by Crippen LogP contribution is 2.36. The molecule has 0 aromatic heterocycles. The number of carbonyl (C=O) groups excluding carboxylic acids is 1. The fourth-order valence-corrected chi connectivity index (χ4v) is 5.90. The molecule has 1 unspecified atom stereocenters. The van der Waals surface area contributed by atoms with Gasteiger partial charge in [0.2, 0.25) is 0 Å². The molecular formula is C25H21NO2S3. The van der Waals surface area contributed by atoms with Crippen molar-refractivity contribution in [2.75, 3.05) is 6.26 Å². The predicted molar refractivity (Wildman–Crippen MR) is 137 cm³/mol. The van der Waals surface area contributed by atoms with Crippen molar-refractivity contribution in [3.05, 3.63) is 60.2 Å². The average Bonchev–Trinajstić information content (AvgIpc) is 2.80. The van der Waals surface area contributed by atoms with Crippen molar-refractivity contribution in [1.82, 2.24) is 0 Å². The third-order valence-corrected chi connectivity index (χ3v) is 8.27. The topological polar surface area (TPSA) is 50.1 Å². The van der Waals surface area contributed by atoms with Crippen molar-refractivity contribution < 1.29 is 9.53 Å². The number of hydrogen-bond acceptors (Lipinski definition) is 6. The fraction of sp³-hybridized carbons (Fsp3) is 0.240. The van der Waals surface area contributed by atoms with Gasteiger partial charge in [-0.1, -0.05) is 78.6 Å². The zero-order valence-corrected chi connectivity index (χ0v) is 19.8. The first-order chi connectivity index (χ1) is 14.9. The minimum absolute atomic E-state index is 0.180. The molecule has 1 atom stereocenters. The van der Waals surface area contributed by atoms with E-state index in [1.165, 1.54) is 50.5 Å². The number of esters is 1. The highest BCUT2D eigenvalue weighted by Gasteiger charge is 2.27. The van der Waals surface area contributed by atoms with E-state index >= 15 is 0 Å². The third-order valence-electron chi connectivity index (χ3n) is 5.53. The van der Waals surface area contributed by atoms with E-state index in [1.807, 2.05) is 19.2 Å². The molecule has 156 valence electrons. The first kappa shape index (κ1) is 21.9. The van der Waals surface area contributed by atoms with Crippen LogP contribution in [0, 0.1) is 11.3 Å². The Hall–Kier alpha value is -2.33. The number of nitriles is 1. The summed E-state index contributed by atoms with van der Waals surface area (Å²) < 4.78 is 5.56. The van der Waals surface area contributed by atoms with Crippen molar-refractivity contribution in [1.29, 1.82) is 5.26 Å². The van der Waals surface area contributed by atoms with E-state index in [-0.39, 0.29) is 19.0 Å². The summed E-state index contributed by atoms with van der Waals surface area (Å²) in [6.45, 7) is 2.03. The lowest BCUT2D eigenvalue weighted by molar-refractivity contribution is -0.145. The first-order valence-electron chi connectivity index (χ1n) is 9.93. The van der Waals surface area contributed by atoms with Crippen LogP contribution in [-0.4, -0.2) is 20.5 Å². The third kappa shape index (κ3) is 4.50. The molecule has 0 fully saturated rings. The lowest BCUT2D eigenvalue weighted by atomic mass is 9.92. The second-order valence-corrected chi connectivity index (χ2v) is 11.2. The Balaban J connectivity index is 1.51. The van der Waals surface area contributed by atoms with Crippen LogP contribution < -0.4 is 0 Å². The molecule has 0 N–H and O–H groups in total. The number of nitrogens with zero attached hydrogens (tertiary/aromatic N) is 1. The lowest BCUT2D eigenvalue weighted by Crippen LogP contribution is -2.21. The molecule has 31 heavy (non-hydrogen) atoms. The Kier molecular flexibility index (Phi) is 6.38. The summed E-state index contributed by atoms with van der Waals surface area (Å²) in [5.74, 6) is -0.303. The van der Waals surface area contributed by atoms with Crippen LogP contribution in [-0.2, 0) is 16.1 Å². The zero-order valence-electron chi connectivity index (χ0n) is 17.3. The molecule has 0 saturated heterocycles. The molecule has 0 bridgehead atoms. The molecule has 4 rings (SSSR count). The number of rotatable bonds is 6. The van der Waals surface area contributed by atoms with Crippen LogP contribution >= 0.6 is 35.7 Å². The van der Waals surface area contributed by atoms with E-state index in [1.54, 1.807) is 0 Å². The predicted octanol–water partition coefficient (Wildman–Crippen LogP) is 7.07. The smallest absolute Gasteiger partial charge is 0.306 e. The van der Waals surface area contributed by atoms with Gasteiger partial charge in [-0.05, 0) is 57.5 Å². The van der Waals surface area contributed by atoms with Gasteiger partial charge in [-0.3, -0.25) is 4.79 Å². The van der Waals surface area contributed by atoms with Crippen LogP contribution in [0.15, 0.2) is 54.6 Å². The van der Waals surface area contributed by atoms with Gasteiger partial charge >= 0.3 is 5.97 Å². The second-order valence-electron chi connectivity index (χ2n) is 7.64. The maximum Gasteiger partial charge on any atom is 0.306 e. The highest BCUT2D eigenvalue weighted by atomic mass is 32.2. The van der Waals surface area contributed by atoms with Crippen LogP contribution in [0.5, 0.6) is 0 Å². The molecule has 0 aliphatic carbocycles. The fourth-order valence-electron chi connectivity index (χ4n) is 3.85. The Labute approximate surface area is 195 Å². The average molecular weight is 464 g/mol. The van der Waals surface area contributed by atoms with Crippen LogP contribution in [0.3, 0.4) is 0 Å². The summed E-state index contributed by atoms with van der Waals surface area (Å²) >= 11 is 8.00. The Bertz CT molecular complexity index is 1310. The van der Waals surface area contributed by atoms with Crippen LogP contribution in [0.25, 0.3) is 32.3 Å². The molecule has 0 spiro atoms. The van der Waals surface area contributed by atoms with Crippen LogP contribution in [0.1, 0.15) is 25.3 Å². The van der Waals surface area contributed by atoms with Crippen LogP contribution in [0.2, 0.25) is 0 Å². The van der Waals surface area contributed by atoms with Gasteiger partial charge < -0.3 is 4.74 Å². The van der Waals surface area contributed by atoms with E-state index in [2.05, 4.69) is 54.6 Å². The molecule has 4 aromatic rings. The molecule has 0 saturated carbocycles. The standard InChI is InChI=1S/C25H21NO2S3/c1-25(15-26,31-24(29)30-2)13-12-21(27)28-14-19-9-8-18-7-6-16-4-3-5-17-10-11-20(19)23(18)22(16)17/h3-11H,12-14H2,1-2H3. The summed E-state index contributed by atoms with van der Waals surface area (Å²) in [5.41, 5.74) is 0.986. The summed E-state index contributed by atoms with van der Waals surface area (Å²) in [7, 11) is 0. The van der Waals surface area contributed by atoms with Gasteiger partial charge in [-0.2, -0.15) is 5.26 Å². The monoisotopic (exact) mass is 463 g/mol. The summed E-state index contributed by atoms with van der Waals surface area (Å²) in [4.78, 5) is 12.4. The Morgan fingerprint density at radius 2 is 1.71 bits per heavy atom. The lowest BCUT2D eigenvalue weighted by Gasteiger charge is -2.20. The molecule has 0 heterocycles. The number of carbonyl (C=O) groups is 1. The van der Waals surface area contributed by atoms with Crippen molar-refractivity contribution in [3.63, 3.8) is 0 Å². The maximum absolute atomic E-state index is 12.4. The van der Waals surface area contributed by atoms with Gasteiger partial charge in [0.05, 0.1) is 6.07 Å². The zero-order chi connectivity index (χ0) is 22.0. The highest BCUT2D eigenvalue weighted by molar-refractivity contribution is 8.47. The molecule has 4 aromatic carbocycles. The van der Waals surface area contributed by atoms with E-state index in [0.29, 0.717) is 9.95 Å². The van der Waals surface area contributed by atoms with Crippen LogP contribution in [0.4, 0.5) is 0 Å². The first-order valence-corrected chi connectivity index (χ1v) is 12.4. The number of benzene rings is 4. The molecule has 0 amide bonds. The molecule has 0 aliphatic heterocycles. The van der Waals surface area contributed by atoms with Gasteiger partial charge in [0.25, 0.3) is 0 Å². The van der Waals surface area contributed by atoms with Gasteiger partial charge in [-0.25, -0.2) is 0 Å². The summed E-state index contributed by atoms with van der Waals surface area (Å²) in [5, 5.41) is 16.7. The largest absolute Gasteiger partial charge is 0.461 e. The van der Waals surface area contributed by atoms with Gasteiger partial charge in [0.15, 0.2) is 0 Å². The summed E-state index contributed by atoms with van der Waals surface area (Å²) in [6.07, 6.45) is 2.46. The Morgan fingerprint density at radius 1 is 1.06 bits per heavy atom. The van der Waals surface area contributed by atoms with Gasteiger partial charge in [-0.15, -0.1) is 11.8 Å². The maximum atomic E-state index is 12.4. The van der Waals surface area contributed by atoms with E-state index < -0.39 is 4.75 Å². The molecule has 3 nitrogen and oxygen atoms in total. The minimum atomic E-state index is -0.730. The van der Waals surface area contributed by atoms with Crippen molar-refractivity contribution >= 4 is 77.6 Å². The molecule has 6 heteroatoms. The summed E-state index contributed by atoms with van der Waals surface area (Å²) in [6, 6.07) is 21.2. The van der Waals surface area contributed by atoms with E-state index in [9.17, 15) is 10.1 Å².